The quantitative estimate of drug-likeness (QED) is 0.775. The third kappa shape index (κ3) is 5.68. The average Bonchev–Trinajstić information content (AvgIpc) is 2.92. The van der Waals surface area contributed by atoms with Crippen molar-refractivity contribution in [2.45, 2.75) is 57.6 Å². The molecule has 0 heterocycles. The highest BCUT2D eigenvalue weighted by molar-refractivity contribution is 5.20. The number of ether oxygens (including phenoxy) is 2. The van der Waals surface area contributed by atoms with Crippen LogP contribution < -0.4 is 10.1 Å². The molecule has 1 aromatic rings. The minimum Gasteiger partial charge on any atom is -0.491 e. The molecule has 0 amide bonds. The maximum atomic E-state index is 6.22. The van der Waals surface area contributed by atoms with E-state index in [0.717, 1.165) is 25.1 Å². The van der Waals surface area contributed by atoms with Gasteiger partial charge in [0.2, 0.25) is 0 Å². The molecule has 0 aliphatic heterocycles. The van der Waals surface area contributed by atoms with Gasteiger partial charge in [0.25, 0.3) is 0 Å². The smallest absolute Gasteiger partial charge is 0.119 e. The number of benzene rings is 1. The Morgan fingerprint density at radius 1 is 1.05 bits per heavy atom. The van der Waals surface area contributed by atoms with Crippen molar-refractivity contribution in [2.24, 2.45) is 0 Å². The molecular formula is C18H29NO2. The zero-order chi connectivity index (χ0) is 15.2. The molecule has 1 aromatic carbocycles. The van der Waals surface area contributed by atoms with Crippen molar-refractivity contribution in [3.63, 3.8) is 0 Å². The van der Waals surface area contributed by atoms with Crippen LogP contribution in [-0.2, 0) is 4.74 Å². The van der Waals surface area contributed by atoms with Gasteiger partial charge in [-0.1, -0.05) is 31.0 Å². The molecule has 21 heavy (non-hydrogen) atoms. The molecule has 2 rings (SSSR count). The second kappa shape index (κ2) is 7.28. The first-order valence-corrected chi connectivity index (χ1v) is 8.06. The number of hydrogen-bond donors (Lipinski definition) is 1. The van der Waals surface area contributed by atoms with Crippen molar-refractivity contribution >= 4 is 0 Å². The van der Waals surface area contributed by atoms with Crippen LogP contribution in [0, 0.1) is 0 Å². The van der Waals surface area contributed by atoms with E-state index in [2.05, 4.69) is 26.1 Å². The van der Waals surface area contributed by atoms with E-state index in [1.807, 2.05) is 30.3 Å². The summed E-state index contributed by atoms with van der Waals surface area (Å²) in [5.41, 5.74) is 0.146. The zero-order valence-electron chi connectivity index (χ0n) is 13.7. The number of hydrogen-bond acceptors (Lipinski definition) is 3. The lowest BCUT2D eigenvalue weighted by molar-refractivity contribution is -0.0523. The molecule has 0 radical (unpaired) electrons. The maximum Gasteiger partial charge on any atom is 0.119 e. The minimum absolute atomic E-state index is 0.00727. The Balaban J connectivity index is 1.75. The van der Waals surface area contributed by atoms with E-state index < -0.39 is 0 Å². The van der Waals surface area contributed by atoms with Crippen molar-refractivity contribution in [2.75, 3.05) is 19.8 Å². The van der Waals surface area contributed by atoms with Crippen LogP contribution in [0.5, 0.6) is 5.75 Å². The summed E-state index contributed by atoms with van der Waals surface area (Å²) in [7, 11) is 0. The summed E-state index contributed by atoms with van der Waals surface area (Å²) in [5.74, 6) is 0.911. The predicted molar refractivity (Wildman–Crippen MR) is 86.8 cm³/mol. The molecule has 1 aliphatic rings. The summed E-state index contributed by atoms with van der Waals surface area (Å²) in [5, 5.41) is 3.60. The predicted octanol–water partition coefficient (Wildman–Crippen LogP) is 3.78. The molecule has 0 bridgehead atoms. The van der Waals surface area contributed by atoms with Gasteiger partial charge in [0, 0.05) is 12.1 Å². The Morgan fingerprint density at radius 3 is 2.33 bits per heavy atom. The summed E-state index contributed by atoms with van der Waals surface area (Å²) in [6, 6.07) is 9.93. The fraction of sp³-hybridized carbons (Fsp3) is 0.667. The van der Waals surface area contributed by atoms with E-state index in [1.54, 1.807) is 0 Å². The second-order valence-corrected chi connectivity index (χ2v) is 7.00. The lowest BCUT2D eigenvalue weighted by atomic mass is 9.99. The van der Waals surface area contributed by atoms with Crippen molar-refractivity contribution in [3.8, 4) is 5.75 Å². The molecule has 0 atom stereocenters. The van der Waals surface area contributed by atoms with Crippen molar-refractivity contribution < 1.29 is 9.47 Å². The molecule has 0 spiro atoms. The van der Waals surface area contributed by atoms with Crippen LogP contribution in [0.1, 0.15) is 46.5 Å². The first-order valence-electron chi connectivity index (χ1n) is 8.06. The highest BCUT2D eigenvalue weighted by Gasteiger charge is 2.35. The van der Waals surface area contributed by atoms with Crippen LogP contribution in [0.3, 0.4) is 0 Å². The second-order valence-electron chi connectivity index (χ2n) is 7.00. The largest absolute Gasteiger partial charge is 0.491 e. The standard InChI is InChI=1S/C18H29NO2/c1-17(2,3)19-15-18(11-7-8-12-18)21-14-13-20-16-9-5-4-6-10-16/h4-6,9-10,19H,7-8,11-15H2,1-3H3. The molecule has 3 nitrogen and oxygen atoms in total. The third-order valence-corrected chi connectivity index (χ3v) is 3.96. The monoisotopic (exact) mass is 291 g/mol. The first kappa shape index (κ1) is 16.3. The van der Waals surface area contributed by atoms with Gasteiger partial charge in [-0.2, -0.15) is 0 Å². The highest BCUT2D eigenvalue weighted by Crippen LogP contribution is 2.33. The molecule has 0 saturated heterocycles. The Hall–Kier alpha value is -1.06. The molecule has 3 heteroatoms. The summed E-state index contributed by atoms with van der Waals surface area (Å²) in [4.78, 5) is 0. The Morgan fingerprint density at radius 2 is 1.71 bits per heavy atom. The molecule has 1 aliphatic carbocycles. The van der Waals surface area contributed by atoms with Crippen molar-refractivity contribution in [3.05, 3.63) is 30.3 Å². The average molecular weight is 291 g/mol. The SMILES string of the molecule is CC(C)(C)NCC1(OCCOc2ccccc2)CCCC1. The van der Waals surface area contributed by atoms with Crippen LogP contribution in [0.4, 0.5) is 0 Å². The molecular weight excluding hydrogens is 262 g/mol. The van der Waals surface area contributed by atoms with Gasteiger partial charge in [0.05, 0.1) is 12.2 Å². The normalized spacial score (nSPS) is 17.9. The number of para-hydroxylation sites is 1. The van der Waals surface area contributed by atoms with Gasteiger partial charge in [-0.05, 0) is 45.7 Å². The maximum absolute atomic E-state index is 6.22. The minimum atomic E-state index is 0.00727. The van der Waals surface area contributed by atoms with Crippen LogP contribution >= 0.6 is 0 Å². The van der Waals surface area contributed by atoms with Crippen LogP contribution in [0.25, 0.3) is 0 Å². The van der Waals surface area contributed by atoms with Gasteiger partial charge in [-0.25, -0.2) is 0 Å². The van der Waals surface area contributed by atoms with Gasteiger partial charge in [-0.15, -0.1) is 0 Å². The summed E-state index contributed by atoms with van der Waals surface area (Å²) < 4.78 is 11.9. The Labute approximate surface area is 129 Å². The highest BCUT2D eigenvalue weighted by atomic mass is 16.5. The van der Waals surface area contributed by atoms with E-state index in [4.69, 9.17) is 9.47 Å². The van der Waals surface area contributed by atoms with Gasteiger partial charge < -0.3 is 14.8 Å². The van der Waals surface area contributed by atoms with Crippen LogP contribution in [-0.4, -0.2) is 30.9 Å². The van der Waals surface area contributed by atoms with Crippen LogP contribution in [0.15, 0.2) is 30.3 Å². The lowest BCUT2D eigenvalue weighted by Crippen LogP contribution is -2.48. The van der Waals surface area contributed by atoms with Crippen molar-refractivity contribution in [1.82, 2.24) is 5.32 Å². The molecule has 0 aromatic heterocycles. The molecule has 1 fully saturated rings. The molecule has 0 unspecified atom stereocenters. The third-order valence-electron chi connectivity index (χ3n) is 3.96. The lowest BCUT2D eigenvalue weighted by Gasteiger charge is -2.33. The van der Waals surface area contributed by atoms with E-state index >= 15 is 0 Å². The van der Waals surface area contributed by atoms with Gasteiger partial charge in [0.1, 0.15) is 12.4 Å². The molecule has 1 saturated carbocycles. The number of rotatable bonds is 7. The van der Waals surface area contributed by atoms with Crippen molar-refractivity contribution in [1.29, 1.82) is 0 Å². The van der Waals surface area contributed by atoms with E-state index in [-0.39, 0.29) is 11.1 Å². The first-order chi connectivity index (χ1) is 9.99. The van der Waals surface area contributed by atoms with E-state index in [0.29, 0.717) is 13.2 Å². The van der Waals surface area contributed by atoms with E-state index in [9.17, 15) is 0 Å². The fourth-order valence-corrected chi connectivity index (χ4v) is 2.75. The summed E-state index contributed by atoms with van der Waals surface area (Å²) in [6.07, 6.45) is 4.85. The summed E-state index contributed by atoms with van der Waals surface area (Å²) >= 11 is 0. The summed E-state index contributed by atoms with van der Waals surface area (Å²) in [6.45, 7) is 8.81. The number of nitrogens with one attached hydrogen (secondary N) is 1. The van der Waals surface area contributed by atoms with Gasteiger partial charge in [-0.3, -0.25) is 0 Å². The van der Waals surface area contributed by atoms with Crippen LogP contribution in [0.2, 0.25) is 0 Å². The zero-order valence-corrected chi connectivity index (χ0v) is 13.7. The van der Waals surface area contributed by atoms with Gasteiger partial charge >= 0.3 is 0 Å². The fourth-order valence-electron chi connectivity index (χ4n) is 2.75. The van der Waals surface area contributed by atoms with Gasteiger partial charge in [0.15, 0.2) is 0 Å². The topological polar surface area (TPSA) is 30.5 Å². The Bertz CT molecular complexity index is 405. The molecule has 118 valence electrons. The molecule has 1 N–H and O–H groups in total. The Kier molecular flexibility index (Phi) is 5.65. The van der Waals surface area contributed by atoms with E-state index in [1.165, 1.54) is 12.8 Å².